The van der Waals surface area contributed by atoms with Crippen LogP contribution in [0.5, 0.6) is 0 Å². The normalized spacial score (nSPS) is 17.3. The predicted octanol–water partition coefficient (Wildman–Crippen LogP) is 1.42. The fraction of sp³-hybridized carbons (Fsp3) is 0.385. The Kier molecular flexibility index (Phi) is 5.22. The topological polar surface area (TPSA) is 79.8 Å². The molecule has 8 heteroatoms. The molecule has 1 saturated heterocycles. The molecule has 0 bridgehead atoms. The second kappa shape index (κ2) is 6.93. The maximum absolute atomic E-state index is 12.3. The van der Waals surface area contributed by atoms with Gasteiger partial charge in [-0.3, -0.25) is 4.79 Å². The summed E-state index contributed by atoms with van der Waals surface area (Å²) in [4.78, 5) is 25.6. The van der Waals surface area contributed by atoms with Crippen molar-refractivity contribution in [2.45, 2.75) is 19.4 Å². The smallest absolute Gasteiger partial charge is 0.263 e. The number of carbonyl (C=O) groups excluding carboxylic acids is 1. The second-order valence-electron chi connectivity index (χ2n) is 4.67. The van der Waals surface area contributed by atoms with Gasteiger partial charge in [-0.2, -0.15) is 0 Å². The van der Waals surface area contributed by atoms with Crippen LogP contribution in [-0.2, 0) is 0 Å². The van der Waals surface area contributed by atoms with E-state index in [0.717, 1.165) is 25.2 Å². The molecule has 112 valence electrons. The van der Waals surface area contributed by atoms with Crippen LogP contribution in [-0.4, -0.2) is 40.0 Å². The summed E-state index contributed by atoms with van der Waals surface area (Å²) in [6.45, 7) is 3.62. The summed E-state index contributed by atoms with van der Waals surface area (Å²) in [5.74, 6) is 0.498. The van der Waals surface area contributed by atoms with Crippen molar-refractivity contribution in [3.8, 4) is 10.8 Å². The molecule has 1 unspecified atom stereocenters. The van der Waals surface area contributed by atoms with Gasteiger partial charge in [-0.15, -0.1) is 23.7 Å². The number of carbonyl (C=O) groups is 1. The third-order valence-electron chi connectivity index (χ3n) is 3.16. The highest BCUT2D eigenvalue weighted by Crippen LogP contribution is 2.25. The lowest BCUT2D eigenvalue weighted by molar-refractivity contribution is 0.0943. The summed E-state index contributed by atoms with van der Waals surface area (Å²) in [5.41, 5.74) is 0.723. The first kappa shape index (κ1) is 15.8. The summed E-state index contributed by atoms with van der Waals surface area (Å²) in [6, 6.07) is 1.96. The van der Waals surface area contributed by atoms with Gasteiger partial charge in [0.25, 0.3) is 5.91 Å². The molecule has 3 rings (SSSR count). The van der Waals surface area contributed by atoms with Gasteiger partial charge in [0, 0.05) is 25.0 Å². The number of amides is 1. The molecular weight excluding hydrogens is 310 g/mol. The first-order chi connectivity index (χ1) is 9.74. The van der Waals surface area contributed by atoms with E-state index in [9.17, 15) is 4.79 Å². The molecule has 1 aliphatic rings. The summed E-state index contributed by atoms with van der Waals surface area (Å²) < 4.78 is 0. The predicted molar refractivity (Wildman–Crippen MR) is 83.9 cm³/mol. The van der Waals surface area contributed by atoms with Crippen molar-refractivity contribution < 1.29 is 4.79 Å². The zero-order chi connectivity index (χ0) is 13.9. The Hall–Kier alpha value is -1.57. The van der Waals surface area contributed by atoms with Crippen molar-refractivity contribution in [3.63, 3.8) is 0 Å². The molecule has 0 spiro atoms. The van der Waals surface area contributed by atoms with Crippen molar-refractivity contribution in [1.29, 1.82) is 0 Å². The van der Waals surface area contributed by atoms with Gasteiger partial charge < -0.3 is 10.6 Å². The van der Waals surface area contributed by atoms with E-state index in [2.05, 4.69) is 25.6 Å². The average molecular weight is 326 g/mol. The van der Waals surface area contributed by atoms with E-state index in [4.69, 9.17) is 0 Å². The Morgan fingerprint density at radius 1 is 1.43 bits per heavy atom. The van der Waals surface area contributed by atoms with Crippen LogP contribution in [0.15, 0.2) is 18.5 Å². The van der Waals surface area contributed by atoms with Crippen molar-refractivity contribution in [3.05, 3.63) is 29.0 Å². The molecule has 1 amide bonds. The van der Waals surface area contributed by atoms with E-state index in [0.29, 0.717) is 15.7 Å². The largest absolute Gasteiger partial charge is 0.347 e. The third kappa shape index (κ3) is 3.55. The van der Waals surface area contributed by atoms with Crippen LogP contribution in [0.25, 0.3) is 10.8 Å². The number of aryl methyl sites for hydroxylation is 1. The van der Waals surface area contributed by atoms with Crippen LogP contribution in [0.3, 0.4) is 0 Å². The molecule has 21 heavy (non-hydrogen) atoms. The highest BCUT2D eigenvalue weighted by molar-refractivity contribution is 7.17. The number of rotatable bonds is 3. The Bertz CT molecular complexity index is 612. The fourth-order valence-electron chi connectivity index (χ4n) is 2.14. The highest BCUT2D eigenvalue weighted by atomic mass is 35.5. The number of aromatic nitrogens is 3. The van der Waals surface area contributed by atoms with Crippen LogP contribution in [0.2, 0.25) is 0 Å². The molecule has 1 aliphatic heterocycles. The maximum Gasteiger partial charge on any atom is 0.263 e. The van der Waals surface area contributed by atoms with Crippen molar-refractivity contribution in [1.82, 2.24) is 25.6 Å². The van der Waals surface area contributed by atoms with Gasteiger partial charge in [-0.1, -0.05) is 0 Å². The number of hydrogen-bond acceptors (Lipinski definition) is 6. The van der Waals surface area contributed by atoms with Gasteiger partial charge in [0.2, 0.25) is 0 Å². The Morgan fingerprint density at radius 2 is 2.19 bits per heavy atom. The Balaban J connectivity index is 0.00000161. The molecule has 0 saturated carbocycles. The van der Waals surface area contributed by atoms with E-state index in [1.807, 2.05) is 6.92 Å². The van der Waals surface area contributed by atoms with Crippen LogP contribution in [0.1, 0.15) is 21.8 Å². The summed E-state index contributed by atoms with van der Waals surface area (Å²) in [6.07, 6.45) is 4.31. The van der Waals surface area contributed by atoms with E-state index < -0.39 is 0 Å². The van der Waals surface area contributed by atoms with Gasteiger partial charge in [0.15, 0.2) is 10.8 Å². The lowest BCUT2D eigenvalue weighted by Gasteiger charge is -2.09. The van der Waals surface area contributed by atoms with Crippen LogP contribution < -0.4 is 10.6 Å². The molecule has 2 aromatic heterocycles. The van der Waals surface area contributed by atoms with Crippen LogP contribution in [0, 0.1) is 6.92 Å². The standard InChI is InChI=1S/C13H15N5OS.ClH/c1-8-10(12(19)18-9-3-6-14-7-9)20-13(17-8)11-15-4-2-5-16-11;/h2,4-5,9,14H,3,6-7H2,1H3,(H,18,19);1H. The Labute approximate surface area is 132 Å². The quantitative estimate of drug-likeness (QED) is 0.892. The van der Waals surface area contributed by atoms with E-state index in [-0.39, 0.29) is 24.4 Å². The number of thiazole rings is 1. The van der Waals surface area contributed by atoms with E-state index in [1.54, 1.807) is 18.5 Å². The number of halogens is 1. The molecule has 2 aromatic rings. The number of hydrogen-bond donors (Lipinski definition) is 2. The number of nitrogens with zero attached hydrogens (tertiary/aromatic N) is 3. The summed E-state index contributed by atoms with van der Waals surface area (Å²) >= 11 is 1.34. The van der Waals surface area contributed by atoms with E-state index in [1.165, 1.54) is 11.3 Å². The fourth-order valence-corrected chi connectivity index (χ4v) is 3.06. The van der Waals surface area contributed by atoms with Gasteiger partial charge in [-0.05, 0) is 26.0 Å². The molecule has 1 fully saturated rings. The summed E-state index contributed by atoms with van der Waals surface area (Å²) in [5, 5.41) is 6.94. The molecule has 0 aromatic carbocycles. The monoisotopic (exact) mass is 325 g/mol. The van der Waals surface area contributed by atoms with Gasteiger partial charge >= 0.3 is 0 Å². The number of nitrogens with one attached hydrogen (secondary N) is 2. The zero-order valence-electron chi connectivity index (χ0n) is 11.5. The molecule has 1 atom stereocenters. The van der Waals surface area contributed by atoms with Crippen LogP contribution >= 0.6 is 23.7 Å². The zero-order valence-corrected chi connectivity index (χ0v) is 13.1. The van der Waals surface area contributed by atoms with E-state index >= 15 is 0 Å². The minimum absolute atomic E-state index is 0. The highest BCUT2D eigenvalue weighted by Gasteiger charge is 2.21. The average Bonchev–Trinajstić information content (AvgIpc) is 3.09. The molecule has 0 aliphatic carbocycles. The van der Waals surface area contributed by atoms with Crippen molar-refractivity contribution >= 4 is 29.7 Å². The summed E-state index contributed by atoms with van der Waals surface area (Å²) in [7, 11) is 0. The molecule has 2 N–H and O–H groups in total. The lowest BCUT2D eigenvalue weighted by Crippen LogP contribution is -2.36. The Morgan fingerprint density at radius 3 is 2.86 bits per heavy atom. The molecule has 0 radical (unpaired) electrons. The van der Waals surface area contributed by atoms with Gasteiger partial charge in [0.05, 0.1) is 5.69 Å². The lowest BCUT2D eigenvalue weighted by atomic mass is 10.2. The maximum atomic E-state index is 12.3. The minimum atomic E-state index is -0.0594. The SMILES string of the molecule is Cc1nc(-c2ncccn2)sc1C(=O)NC1CCNC1.Cl. The van der Waals surface area contributed by atoms with Crippen molar-refractivity contribution in [2.75, 3.05) is 13.1 Å². The minimum Gasteiger partial charge on any atom is -0.347 e. The molecule has 3 heterocycles. The third-order valence-corrected chi connectivity index (χ3v) is 4.31. The first-order valence-electron chi connectivity index (χ1n) is 6.50. The molecule has 6 nitrogen and oxygen atoms in total. The van der Waals surface area contributed by atoms with Crippen LogP contribution in [0.4, 0.5) is 0 Å². The van der Waals surface area contributed by atoms with Gasteiger partial charge in [0.1, 0.15) is 4.88 Å². The molecular formula is C13H16ClN5OS. The van der Waals surface area contributed by atoms with Crippen molar-refractivity contribution in [2.24, 2.45) is 0 Å². The van der Waals surface area contributed by atoms with Gasteiger partial charge in [-0.25, -0.2) is 15.0 Å². The second-order valence-corrected chi connectivity index (χ2v) is 5.67. The first-order valence-corrected chi connectivity index (χ1v) is 7.32.